The van der Waals surface area contributed by atoms with Gasteiger partial charge < -0.3 is 9.94 Å². The molecule has 0 bridgehead atoms. The van der Waals surface area contributed by atoms with Crippen LogP contribution >= 0.6 is 0 Å². The molecule has 6 heteroatoms. The SMILES string of the molecule is O=C(O)C1CN(Cc2ccc(N3C=CON3)cc2)C1. The minimum atomic E-state index is -0.696. The van der Waals surface area contributed by atoms with E-state index in [1.165, 1.54) is 5.56 Å². The second-order valence-corrected chi connectivity index (χ2v) is 4.76. The molecule has 2 N–H and O–H groups in total. The second kappa shape index (κ2) is 4.91. The van der Waals surface area contributed by atoms with Gasteiger partial charge in [0.15, 0.2) is 0 Å². The molecule has 3 rings (SSSR count). The highest BCUT2D eigenvalue weighted by atomic mass is 16.7. The summed E-state index contributed by atoms with van der Waals surface area (Å²) in [4.78, 5) is 17.7. The molecule has 0 spiro atoms. The summed E-state index contributed by atoms with van der Waals surface area (Å²) in [6.07, 6.45) is 3.36. The Hall–Kier alpha value is -2.05. The lowest BCUT2D eigenvalue weighted by molar-refractivity contribution is -0.147. The number of carboxylic acid groups (broad SMARTS) is 1. The molecule has 0 unspecified atom stereocenters. The van der Waals surface area contributed by atoms with E-state index in [0.717, 1.165) is 12.2 Å². The fourth-order valence-corrected chi connectivity index (χ4v) is 2.22. The number of rotatable bonds is 4. The molecule has 2 heterocycles. The van der Waals surface area contributed by atoms with E-state index < -0.39 is 5.97 Å². The summed E-state index contributed by atoms with van der Waals surface area (Å²) in [6, 6.07) is 8.07. The third-order valence-corrected chi connectivity index (χ3v) is 3.36. The maximum atomic E-state index is 10.7. The van der Waals surface area contributed by atoms with E-state index in [1.807, 2.05) is 24.3 Å². The third kappa shape index (κ3) is 2.54. The van der Waals surface area contributed by atoms with Crippen LogP contribution in [0.1, 0.15) is 5.56 Å². The lowest BCUT2D eigenvalue weighted by Gasteiger charge is -2.36. The topological polar surface area (TPSA) is 65.0 Å². The Morgan fingerprint density at radius 1 is 1.37 bits per heavy atom. The average Bonchev–Trinajstić information content (AvgIpc) is 2.87. The van der Waals surface area contributed by atoms with E-state index in [4.69, 9.17) is 9.94 Å². The van der Waals surface area contributed by atoms with Crippen molar-refractivity contribution >= 4 is 11.7 Å². The first-order chi connectivity index (χ1) is 9.22. The summed E-state index contributed by atoms with van der Waals surface area (Å²) in [7, 11) is 0. The van der Waals surface area contributed by atoms with Crippen molar-refractivity contribution in [2.45, 2.75) is 6.54 Å². The molecule has 19 heavy (non-hydrogen) atoms. The molecule has 0 radical (unpaired) electrons. The highest BCUT2D eigenvalue weighted by molar-refractivity contribution is 5.71. The van der Waals surface area contributed by atoms with E-state index in [1.54, 1.807) is 17.5 Å². The van der Waals surface area contributed by atoms with Gasteiger partial charge in [0.25, 0.3) is 0 Å². The number of aliphatic carboxylic acids is 1. The number of hydrogen-bond acceptors (Lipinski definition) is 5. The smallest absolute Gasteiger partial charge is 0.309 e. The first kappa shape index (κ1) is 12.0. The number of hydrogen-bond donors (Lipinski definition) is 2. The van der Waals surface area contributed by atoms with Crippen LogP contribution in [0.3, 0.4) is 0 Å². The zero-order chi connectivity index (χ0) is 13.2. The van der Waals surface area contributed by atoms with E-state index in [0.29, 0.717) is 13.1 Å². The fourth-order valence-electron chi connectivity index (χ4n) is 2.22. The van der Waals surface area contributed by atoms with E-state index >= 15 is 0 Å². The Kier molecular flexibility index (Phi) is 3.10. The van der Waals surface area contributed by atoms with Crippen LogP contribution in [-0.2, 0) is 16.2 Å². The molecular formula is C13H15N3O3. The zero-order valence-electron chi connectivity index (χ0n) is 10.3. The van der Waals surface area contributed by atoms with Gasteiger partial charge in [0.05, 0.1) is 17.8 Å². The summed E-state index contributed by atoms with van der Waals surface area (Å²) in [5, 5.41) is 10.6. The Bertz CT molecular complexity index is 494. The summed E-state index contributed by atoms with van der Waals surface area (Å²) in [5.74, 6) is -0.895. The van der Waals surface area contributed by atoms with Crippen molar-refractivity contribution < 1.29 is 14.7 Å². The quantitative estimate of drug-likeness (QED) is 0.840. The molecule has 2 aliphatic heterocycles. The summed E-state index contributed by atoms with van der Waals surface area (Å²) in [6.45, 7) is 2.08. The number of nitrogens with zero attached hydrogens (tertiary/aromatic N) is 2. The molecular weight excluding hydrogens is 246 g/mol. The number of benzene rings is 1. The van der Waals surface area contributed by atoms with Crippen LogP contribution in [0, 0.1) is 5.92 Å². The van der Waals surface area contributed by atoms with E-state index in [9.17, 15) is 4.79 Å². The minimum absolute atomic E-state index is 0.199. The van der Waals surface area contributed by atoms with Gasteiger partial charge in [-0.2, -0.15) is 0 Å². The molecule has 6 nitrogen and oxygen atoms in total. The molecule has 1 saturated heterocycles. The Labute approximate surface area is 110 Å². The van der Waals surface area contributed by atoms with Crippen LogP contribution in [0.25, 0.3) is 0 Å². The summed E-state index contributed by atoms with van der Waals surface area (Å²) < 4.78 is 0. The minimum Gasteiger partial charge on any atom is -0.481 e. The molecule has 0 aliphatic carbocycles. The van der Waals surface area contributed by atoms with Gasteiger partial charge in [-0.05, 0) is 17.7 Å². The van der Waals surface area contributed by atoms with Gasteiger partial charge in [-0.15, -0.1) is 0 Å². The number of anilines is 1. The summed E-state index contributed by atoms with van der Waals surface area (Å²) >= 11 is 0. The third-order valence-electron chi connectivity index (χ3n) is 3.36. The molecule has 0 aromatic heterocycles. The Balaban J connectivity index is 1.55. The van der Waals surface area contributed by atoms with Crippen molar-refractivity contribution in [1.82, 2.24) is 10.5 Å². The highest BCUT2D eigenvalue weighted by Crippen LogP contribution is 2.21. The van der Waals surface area contributed by atoms with Crippen molar-refractivity contribution in [2.24, 2.45) is 5.92 Å². The van der Waals surface area contributed by atoms with E-state index in [2.05, 4.69) is 10.5 Å². The predicted molar refractivity (Wildman–Crippen MR) is 68.7 cm³/mol. The lowest BCUT2D eigenvalue weighted by Crippen LogP contribution is -2.49. The van der Waals surface area contributed by atoms with Crippen molar-refractivity contribution in [3.8, 4) is 0 Å². The van der Waals surface area contributed by atoms with Gasteiger partial charge >= 0.3 is 5.97 Å². The number of likely N-dealkylation sites (tertiary alicyclic amines) is 1. The Morgan fingerprint density at radius 3 is 2.68 bits per heavy atom. The predicted octanol–water partition coefficient (Wildman–Crippen LogP) is 0.930. The number of carbonyl (C=O) groups is 1. The molecule has 1 aromatic carbocycles. The zero-order valence-corrected chi connectivity index (χ0v) is 10.3. The molecule has 1 aromatic rings. The lowest BCUT2D eigenvalue weighted by atomic mass is 9.99. The van der Waals surface area contributed by atoms with Crippen LogP contribution in [-0.4, -0.2) is 29.1 Å². The molecule has 0 saturated carbocycles. The van der Waals surface area contributed by atoms with Crippen LogP contribution < -0.4 is 10.6 Å². The standard InChI is InChI=1S/C13H15N3O3/c17-13(18)11-8-15(9-11)7-10-1-3-12(4-2-10)16-5-6-19-14-16/h1-6,11,14H,7-9H2,(H,17,18). The van der Waals surface area contributed by atoms with E-state index in [-0.39, 0.29) is 5.92 Å². The maximum absolute atomic E-state index is 10.7. The maximum Gasteiger partial charge on any atom is 0.309 e. The van der Waals surface area contributed by atoms with Gasteiger partial charge in [-0.1, -0.05) is 17.7 Å². The second-order valence-electron chi connectivity index (χ2n) is 4.76. The Morgan fingerprint density at radius 2 is 2.11 bits per heavy atom. The first-order valence-electron chi connectivity index (χ1n) is 6.14. The van der Waals surface area contributed by atoms with Gasteiger partial charge in [-0.25, -0.2) is 5.01 Å². The van der Waals surface area contributed by atoms with Crippen molar-refractivity contribution in [3.63, 3.8) is 0 Å². The number of hydrazine groups is 1. The van der Waals surface area contributed by atoms with Gasteiger partial charge in [0.2, 0.25) is 0 Å². The van der Waals surface area contributed by atoms with Gasteiger partial charge in [0, 0.05) is 19.6 Å². The van der Waals surface area contributed by atoms with Crippen molar-refractivity contribution in [2.75, 3.05) is 18.1 Å². The van der Waals surface area contributed by atoms with Crippen molar-refractivity contribution in [3.05, 3.63) is 42.3 Å². The van der Waals surface area contributed by atoms with Gasteiger partial charge in [0.1, 0.15) is 6.26 Å². The number of nitrogens with one attached hydrogen (secondary N) is 1. The van der Waals surface area contributed by atoms with Crippen LogP contribution in [0.4, 0.5) is 5.69 Å². The molecule has 0 atom stereocenters. The molecule has 2 aliphatic rings. The van der Waals surface area contributed by atoms with Crippen molar-refractivity contribution in [1.29, 1.82) is 0 Å². The molecule has 1 fully saturated rings. The van der Waals surface area contributed by atoms with Gasteiger partial charge in [-0.3, -0.25) is 9.69 Å². The highest BCUT2D eigenvalue weighted by Gasteiger charge is 2.32. The largest absolute Gasteiger partial charge is 0.481 e. The van der Waals surface area contributed by atoms with Crippen LogP contribution in [0.5, 0.6) is 0 Å². The molecule has 0 amide bonds. The first-order valence-corrected chi connectivity index (χ1v) is 6.14. The molecule has 100 valence electrons. The van der Waals surface area contributed by atoms with Crippen LogP contribution in [0.15, 0.2) is 36.7 Å². The fraction of sp³-hybridized carbons (Fsp3) is 0.308. The average molecular weight is 261 g/mol. The normalized spacial score (nSPS) is 19.3. The monoisotopic (exact) mass is 261 g/mol. The van der Waals surface area contributed by atoms with Crippen LogP contribution in [0.2, 0.25) is 0 Å². The number of carboxylic acids is 1. The summed E-state index contributed by atoms with van der Waals surface area (Å²) in [5.41, 5.74) is 4.89.